The summed E-state index contributed by atoms with van der Waals surface area (Å²) in [5.41, 5.74) is 1.73. The van der Waals surface area contributed by atoms with Crippen molar-refractivity contribution in [1.82, 2.24) is 5.32 Å². The van der Waals surface area contributed by atoms with E-state index in [0.29, 0.717) is 6.04 Å². The fourth-order valence-electron chi connectivity index (χ4n) is 2.25. The van der Waals surface area contributed by atoms with Gasteiger partial charge in [-0.15, -0.1) is 11.3 Å². The van der Waals surface area contributed by atoms with Crippen LogP contribution in [0.5, 0.6) is 0 Å². The Morgan fingerprint density at radius 1 is 1.21 bits per heavy atom. The molecule has 19 heavy (non-hydrogen) atoms. The van der Waals surface area contributed by atoms with E-state index in [1.807, 2.05) is 13.0 Å². The second-order valence-corrected chi connectivity index (χ2v) is 5.75. The van der Waals surface area contributed by atoms with E-state index in [1.54, 1.807) is 17.4 Å². The average Bonchev–Trinajstić information content (AvgIpc) is 2.88. The highest BCUT2D eigenvalue weighted by Crippen LogP contribution is 2.34. The van der Waals surface area contributed by atoms with Crippen LogP contribution in [-0.4, -0.2) is 6.54 Å². The lowest BCUT2D eigenvalue weighted by molar-refractivity contribution is 0.545. The molecule has 1 aromatic carbocycles. The number of hydrogen-bond acceptors (Lipinski definition) is 2. The van der Waals surface area contributed by atoms with Crippen LogP contribution in [0.25, 0.3) is 10.4 Å². The summed E-state index contributed by atoms with van der Waals surface area (Å²) >= 11 is 1.75. The van der Waals surface area contributed by atoms with Crippen molar-refractivity contribution in [3.63, 3.8) is 0 Å². The molecule has 1 N–H and O–H groups in total. The molecule has 102 valence electrons. The van der Waals surface area contributed by atoms with Crippen molar-refractivity contribution in [3.05, 3.63) is 46.6 Å². The molecule has 1 aromatic heterocycles. The summed E-state index contributed by atoms with van der Waals surface area (Å²) in [6.45, 7) is 7.10. The first-order chi connectivity index (χ1) is 9.17. The monoisotopic (exact) mass is 277 g/mol. The fourth-order valence-corrected chi connectivity index (χ4v) is 3.50. The highest BCUT2D eigenvalue weighted by Gasteiger charge is 2.13. The summed E-state index contributed by atoms with van der Waals surface area (Å²) in [6, 6.07) is 9.93. The van der Waals surface area contributed by atoms with E-state index in [4.69, 9.17) is 0 Å². The minimum absolute atomic E-state index is 0.133. The third-order valence-electron chi connectivity index (χ3n) is 3.36. The van der Waals surface area contributed by atoms with Crippen molar-refractivity contribution < 1.29 is 4.39 Å². The smallest absolute Gasteiger partial charge is 0.126 e. The van der Waals surface area contributed by atoms with Gasteiger partial charge in [0, 0.05) is 15.8 Å². The first-order valence-corrected chi connectivity index (χ1v) is 7.57. The van der Waals surface area contributed by atoms with E-state index in [2.05, 4.69) is 31.3 Å². The Bertz CT molecular complexity index is 547. The van der Waals surface area contributed by atoms with Gasteiger partial charge in [-0.05, 0) is 49.2 Å². The highest BCUT2D eigenvalue weighted by molar-refractivity contribution is 7.15. The standard InChI is InChI=1S/C16H20FNS/c1-4-14(18-5-2)16-10-9-15(19-16)12-7-6-8-13(17)11(12)3/h6-10,14,18H,4-5H2,1-3H3. The maximum atomic E-state index is 13.6. The Labute approximate surface area is 118 Å². The Morgan fingerprint density at radius 3 is 2.68 bits per heavy atom. The predicted molar refractivity (Wildman–Crippen MR) is 81.2 cm³/mol. The molecule has 0 fully saturated rings. The normalized spacial score (nSPS) is 12.6. The van der Waals surface area contributed by atoms with Crippen LogP contribution in [0.1, 0.15) is 36.8 Å². The molecule has 1 nitrogen and oxygen atoms in total. The molecule has 0 radical (unpaired) electrons. The molecule has 0 saturated heterocycles. The molecular weight excluding hydrogens is 257 g/mol. The van der Waals surface area contributed by atoms with Gasteiger partial charge in [0.1, 0.15) is 5.82 Å². The second kappa shape index (κ2) is 6.31. The summed E-state index contributed by atoms with van der Waals surface area (Å²) in [4.78, 5) is 2.46. The zero-order valence-electron chi connectivity index (χ0n) is 11.7. The Hall–Kier alpha value is -1.19. The molecule has 0 aliphatic heterocycles. The van der Waals surface area contributed by atoms with Gasteiger partial charge in [0.25, 0.3) is 0 Å². The number of halogens is 1. The summed E-state index contributed by atoms with van der Waals surface area (Å²) in [7, 11) is 0. The molecule has 0 aliphatic rings. The topological polar surface area (TPSA) is 12.0 Å². The second-order valence-electron chi connectivity index (χ2n) is 4.63. The molecule has 0 amide bonds. The van der Waals surface area contributed by atoms with E-state index < -0.39 is 0 Å². The lowest BCUT2D eigenvalue weighted by atomic mass is 10.1. The van der Waals surface area contributed by atoms with E-state index >= 15 is 0 Å². The van der Waals surface area contributed by atoms with E-state index in [-0.39, 0.29) is 5.82 Å². The van der Waals surface area contributed by atoms with Crippen LogP contribution in [0.4, 0.5) is 4.39 Å². The molecule has 0 spiro atoms. The maximum absolute atomic E-state index is 13.6. The van der Waals surface area contributed by atoms with Gasteiger partial charge < -0.3 is 5.32 Å². The van der Waals surface area contributed by atoms with Crippen LogP contribution in [0.15, 0.2) is 30.3 Å². The summed E-state index contributed by atoms with van der Waals surface area (Å²) < 4.78 is 13.6. The minimum atomic E-state index is -0.133. The largest absolute Gasteiger partial charge is 0.310 e. The van der Waals surface area contributed by atoms with Gasteiger partial charge in [-0.2, -0.15) is 0 Å². The van der Waals surface area contributed by atoms with Crippen LogP contribution < -0.4 is 5.32 Å². The average molecular weight is 277 g/mol. The zero-order valence-corrected chi connectivity index (χ0v) is 12.5. The van der Waals surface area contributed by atoms with Crippen LogP contribution in [-0.2, 0) is 0 Å². The molecule has 1 unspecified atom stereocenters. The quantitative estimate of drug-likeness (QED) is 0.817. The van der Waals surface area contributed by atoms with Gasteiger partial charge in [0.15, 0.2) is 0 Å². The Balaban J connectivity index is 2.32. The number of rotatable bonds is 5. The Kier molecular flexibility index (Phi) is 4.72. The van der Waals surface area contributed by atoms with E-state index in [0.717, 1.165) is 29.0 Å². The number of nitrogens with one attached hydrogen (secondary N) is 1. The lowest BCUT2D eigenvalue weighted by Crippen LogP contribution is -2.18. The van der Waals surface area contributed by atoms with Crippen molar-refractivity contribution in [3.8, 4) is 10.4 Å². The lowest BCUT2D eigenvalue weighted by Gasteiger charge is -2.13. The maximum Gasteiger partial charge on any atom is 0.126 e. The molecule has 3 heteroatoms. The molecule has 1 heterocycles. The van der Waals surface area contributed by atoms with Gasteiger partial charge in [-0.1, -0.05) is 26.0 Å². The predicted octanol–water partition coefficient (Wildman–Crippen LogP) is 4.92. The van der Waals surface area contributed by atoms with Crippen molar-refractivity contribution in [1.29, 1.82) is 0 Å². The molecule has 2 rings (SSSR count). The SMILES string of the molecule is CCNC(CC)c1ccc(-c2cccc(F)c2C)s1. The van der Waals surface area contributed by atoms with Crippen molar-refractivity contribution in [2.24, 2.45) is 0 Å². The first-order valence-electron chi connectivity index (χ1n) is 6.76. The summed E-state index contributed by atoms with van der Waals surface area (Å²) in [5, 5.41) is 3.48. The third-order valence-corrected chi connectivity index (χ3v) is 4.59. The zero-order chi connectivity index (χ0) is 13.8. The van der Waals surface area contributed by atoms with Crippen LogP contribution in [0.2, 0.25) is 0 Å². The summed E-state index contributed by atoms with van der Waals surface area (Å²) in [5.74, 6) is -0.133. The first kappa shape index (κ1) is 14.2. The Morgan fingerprint density at radius 2 is 2.00 bits per heavy atom. The molecule has 0 aliphatic carbocycles. The van der Waals surface area contributed by atoms with Crippen LogP contribution in [0.3, 0.4) is 0 Å². The van der Waals surface area contributed by atoms with Gasteiger partial charge in [0.2, 0.25) is 0 Å². The van der Waals surface area contributed by atoms with Gasteiger partial charge in [-0.25, -0.2) is 4.39 Å². The fraction of sp³-hybridized carbons (Fsp3) is 0.375. The van der Waals surface area contributed by atoms with E-state index in [1.165, 1.54) is 10.9 Å². The van der Waals surface area contributed by atoms with Crippen molar-refractivity contribution in [2.75, 3.05) is 6.54 Å². The molecule has 0 bridgehead atoms. The van der Waals surface area contributed by atoms with Crippen molar-refractivity contribution in [2.45, 2.75) is 33.2 Å². The molecule has 0 saturated carbocycles. The van der Waals surface area contributed by atoms with Crippen molar-refractivity contribution >= 4 is 11.3 Å². The van der Waals surface area contributed by atoms with Gasteiger partial charge in [-0.3, -0.25) is 0 Å². The van der Waals surface area contributed by atoms with Gasteiger partial charge in [0.05, 0.1) is 0 Å². The van der Waals surface area contributed by atoms with E-state index in [9.17, 15) is 4.39 Å². The number of hydrogen-bond donors (Lipinski definition) is 1. The van der Waals surface area contributed by atoms with Gasteiger partial charge >= 0.3 is 0 Å². The summed E-state index contributed by atoms with van der Waals surface area (Å²) in [6.07, 6.45) is 1.07. The minimum Gasteiger partial charge on any atom is -0.310 e. The number of benzene rings is 1. The molecular formula is C16H20FNS. The number of thiophene rings is 1. The molecule has 2 aromatic rings. The van der Waals surface area contributed by atoms with Crippen LogP contribution in [0, 0.1) is 12.7 Å². The molecule has 1 atom stereocenters. The van der Waals surface area contributed by atoms with Crippen LogP contribution >= 0.6 is 11.3 Å². The third kappa shape index (κ3) is 3.04. The highest BCUT2D eigenvalue weighted by atomic mass is 32.1.